The number of anilines is 1. The first kappa shape index (κ1) is 14.2. The van der Waals surface area contributed by atoms with Crippen molar-refractivity contribution >= 4 is 17.5 Å². The van der Waals surface area contributed by atoms with Crippen LogP contribution in [-0.2, 0) is 9.59 Å². The minimum Gasteiger partial charge on any atom is -0.334 e. The summed E-state index contributed by atoms with van der Waals surface area (Å²) in [4.78, 5) is 29.1. The van der Waals surface area contributed by atoms with Crippen molar-refractivity contribution in [3.8, 4) is 0 Å². The molecule has 1 aromatic rings. The van der Waals surface area contributed by atoms with E-state index in [-0.39, 0.29) is 0 Å². The normalized spacial score (nSPS) is 9.89. The average molecular weight is 249 g/mol. The zero-order valence-electron chi connectivity index (χ0n) is 10.8. The van der Waals surface area contributed by atoms with Gasteiger partial charge >= 0.3 is 11.8 Å². The van der Waals surface area contributed by atoms with Crippen LogP contribution in [-0.4, -0.2) is 34.8 Å². The third-order valence-electron chi connectivity index (χ3n) is 2.39. The van der Waals surface area contributed by atoms with Gasteiger partial charge in [0.1, 0.15) is 0 Å². The number of nitrogens with one attached hydrogen (secondary N) is 1. The highest BCUT2D eigenvalue weighted by molar-refractivity contribution is 6.39. The third-order valence-corrected chi connectivity index (χ3v) is 2.39. The molecule has 0 radical (unpaired) electrons. The molecule has 0 atom stereocenters. The second-order valence-corrected chi connectivity index (χ2v) is 3.99. The maximum atomic E-state index is 11.9. The predicted octanol–water partition coefficient (Wildman–Crippen LogP) is 1.67. The molecule has 18 heavy (non-hydrogen) atoms. The van der Waals surface area contributed by atoms with Crippen LogP contribution in [0.15, 0.2) is 24.5 Å². The second-order valence-electron chi connectivity index (χ2n) is 3.99. The van der Waals surface area contributed by atoms with E-state index in [0.29, 0.717) is 18.8 Å². The van der Waals surface area contributed by atoms with Crippen LogP contribution in [0.5, 0.6) is 0 Å². The Balaban J connectivity index is 2.62. The first-order valence-corrected chi connectivity index (χ1v) is 6.19. The summed E-state index contributed by atoms with van der Waals surface area (Å²) in [6.07, 6.45) is 4.80. The highest BCUT2D eigenvalue weighted by atomic mass is 16.2. The second kappa shape index (κ2) is 7.42. The number of amides is 2. The zero-order valence-corrected chi connectivity index (χ0v) is 10.8. The molecule has 0 aromatic carbocycles. The summed E-state index contributed by atoms with van der Waals surface area (Å²) in [6, 6.07) is 3.40. The predicted molar refractivity (Wildman–Crippen MR) is 70.0 cm³/mol. The Morgan fingerprint density at radius 2 is 1.94 bits per heavy atom. The van der Waals surface area contributed by atoms with Crippen LogP contribution in [0.3, 0.4) is 0 Å². The van der Waals surface area contributed by atoms with Crippen molar-refractivity contribution in [2.75, 3.05) is 18.4 Å². The fraction of sp³-hybridized carbons (Fsp3) is 0.462. The zero-order chi connectivity index (χ0) is 13.4. The van der Waals surface area contributed by atoms with Gasteiger partial charge in [-0.1, -0.05) is 13.8 Å². The van der Waals surface area contributed by atoms with Crippen LogP contribution in [0, 0.1) is 0 Å². The van der Waals surface area contributed by atoms with Crippen LogP contribution < -0.4 is 5.32 Å². The van der Waals surface area contributed by atoms with Gasteiger partial charge in [0.05, 0.1) is 11.9 Å². The molecule has 1 aromatic heterocycles. The number of aromatic nitrogens is 1. The lowest BCUT2D eigenvalue weighted by Crippen LogP contribution is -2.40. The summed E-state index contributed by atoms with van der Waals surface area (Å²) >= 11 is 0. The van der Waals surface area contributed by atoms with Gasteiger partial charge in [-0.05, 0) is 25.0 Å². The maximum absolute atomic E-state index is 11.9. The molecule has 0 unspecified atom stereocenters. The largest absolute Gasteiger partial charge is 0.334 e. The van der Waals surface area contributed by atoms with E-state index in [1.807, 2.05) is 13.8 Å². The van der Waals surface area contributed by atoms with Crippen molar-refractivity contribution in [1.82, 2.24) is 9.88 Å². The molecule has 0 bridgehead atoms. The van der Waals surface area contributed by atoms with Crippen molar-refractivity contribution in [1.29, 1.82) is 0 Å². The summed E-state index contributed by atoms with van der Waals surface area (Å²) in [5.41, 5.74) is 0.531. The van der Waals surface area contributed by atoms with Gasteiger partial charge in [-0.3, -0.25) is 14.6 Å². The van der Waals surface area contributed by atoms with E-state index in [1.165, 1.54) is 6.20 Å². The number of hydrogen-bond donors (Lipinski definition) is 1. The molecule has 1 rings (SSSR count). The van der Waals surface area contributed by atoms with Crippen molar-refractivity contribution < 1.29 is 9.59 Å². The highest BCUT2D eigenvalue weighted by Gasteiger charge is 2.20. The Bertz CT molecular complexity index is 386. The smallest absolute Gasteiger partial charge is 0.313 e. The number of rotatable bonds is 5. The molecule has 5 heteroatoms. The fourth-order valence-electron chi connectivity index (χ4n) is 1.62. The molecule has 98 valence electrons. The van der Waals surface area contributed by atoms with Crippen molar-refractivity contribution in [2.24, 2.45) is 0 Å². The summed E-state index contributed by atoms with van der Waals surface area (Å²) < 4.78 is 0. The average Bonchev–Trinajstić information content (AvgIpc) is 2.39. The first-order valence-electron chi connectivity index (χ1n) is 6.19. The molecular formula is C13H19N3O2. The van der Waals surface area contributed by atoms with Crippen LogP contribution in [0.4, 0.5) is 5.69 Å². The minimum absolute atomic E-state index is 0.484. The summed E-state index contributed by atoms with van der Waals surface area (Å²) in [7, 11) is 0. The van der Waals surface area contributed by atoms with E-state index in [0.717, 1.165) is 12.8 Å². The summed E-state index contributed by atoms with van der Waals surface area (Å²) in [5.74, 6) is -1.09. The maximum Gasteiger partial charge on any atom is 0.313 e. The lowest BCUT2D eigenvalue weighted by molar-refractivity contribution is -0.143. The molecule has 0 saturated carbocycles. The quantitative estimate of drug-likeness (QED) is 0.807. The van der Waals surface area contributed by atoms with Gasteiger partial charge in [0.25, 0.3) is 0 Å². The molecule has 1 heterocycles. The van der Waals surface area contributed by atoms with Crippen LogP contribution in [0.2, 0.25) is 0 Å². The van der Waals surface area contributed by atoms with E-state index in [2.05, 4.69) is 10.3 Å². The lowest BCUT2D eigenvalue weighted by Gasteiger charge is -2.20. The van der Waals surface area contributed by atoms with Gasteiger partial charge < -0.3 is 10.2 Å². The monoisotopic (exact) mass is 249 g/mol. The van der Waals surface area contributed by atoms with Crippen LogP contribution >= 0.6 is 0 Å². The fourth-order valence-corrected chi connectivity index (χ4v) is 1.62. The Morgan fingerprint density at radius 1 is 1.28 bits per heavy atom. The highest BCUT2D eigenvalue weighted by Crippen LogP contribution is 2.04. The third kappa shape index (κ3) is 4.16. The lowest BCUT2D eigenvalue weighted by atomic mass is 10.3. The van der Waals surface area contributed by atoms with Crippen molar-refractivity contribution in [2.45, 2.75) is 26.7 Å². The minimum atomic E-state index is -0.607. The van der Waals surface area contributed by atoms with Gasteiger partial charge in [0.15, 0.2) is 0 Å². The van der Waals surface area contributed by atoms with Crippen molar-refractivity contribution in [3.63, 3.8) is 0 Å². The van der Waals surface area contributed by atoms with Gasteiger partial charge in [0.2, 0.25) is 0 Å². The molecule has 0 aliphatic heterocycles. The van der Waals surface area contributed by atoms with E-state index in [1.54, 1.807) is 23.2 Å². The van der Waals surface area contributed by atoms with Gasteiger partial charge in [0, 0.05) is 19.3 Å². The van der Waals surface area contributed by atoms with E-state index in [4.69, 9.17) is 0 Å². The topological polar surface area (TPSA) is 62.3 Å². The van der Waals surface area contributed by atoms with Crippen LogP contribution in [0.25, 0.3) is 0 Å². The molecule has 0 spiro atoms. The van der Waals surface area contributed by atoms with Crippen molar-refractivity contribution in [3.05, 3.63) is 24.5 Å². The van der Waals surface area contributed by atoms with E-state index >= 15 is 0 Å². The number of hydrogen-bond acceptors (Lipinski definition) is 3. The molecule has 0 aliphatic rings. The molecule has 2 amide bonds. The number of pyridine rings is 1. The number of carbonyl (C=O) groups excluding carboxylic acids is 2. The Labute approximate surface area is 107 Å². The van der Waals surface area contributed by atoms with E-state index < -0.39 is 11.8 Å². The molecule has 1 N–H and O–H groups in total. The molecule has 5 nitrogen and oxygen atoms in total. The number of carbonyl (C=O) groups is 2. The Hall–Kier alpha value is -1.91. The van der Waals surface area contributed by atoms with E-state index in [9.17, 15) is 9.59 Å². The van der Waals surface area contributed by atoms with Gasteiger partial charge in [-0.2, -0.15) is 0 Å². The Kier molecular flexibility index (Phi) is 5.84. The summed E-state index contributed by atoms with van der Waals surface area (Å²) in [5, 5.41) is 2.55. The Morgan fingerprint density at radius 3 is 2.44 bits per heavy atom. The van der Waals surface area contributed by atoms with Gasteiger partial charge in [-0.25, -0.2) is 0 Å². The molecular weight excluding hydrogens is 230 g/mol. The van der Waals surface area contributed by atoms with Gasteiger partial charge in [-0.15, -0.1) is 0 Å². The number of nitrogens with zero attached hydrogens (tertiary/aromatic N) is 2. The summed E-state index contributed by atoms with van der Waals surface area (Å²) in [6.45, 7) is 5.17. The molecule has 0 saturated heterocycles. The molecule has 0 aliphatic carbocycles. The van der Waals surface area contributed by atoms with Crippen LogP contribution in [0.1, 0.15) is 26.7 Å². The SMILES string of the molecule is CCCN(CCC)C(=O)C(=O)Nc1cccnc1. The molecule has 0 fully saturated rings. The first-order chi connectivity index (χ1) is 8.69. The standard InChI is InChI=1S/C13H19N3O2/c1-3-8-16(9-4-2)13(18)12(17)15-11-6-5-7-14-10-11/h5-7,10H,3-4,8-9H2,1-2H3,(H,15,17).